The molecule has 1 aliphatic carbocycles. The Bertz CT molecular complexity index is 476. The van der Waals surface area contributed by atoms with Crippen LogP contribution in [0.5, 0.6) is 0 Å². The molecular formula is C16H22N2OS. The fourth-order valence-corrected chi connectivity index (χ4v) is 2.75. The van der Waals surface area contributed by atoms with E-state index < -0.39 is 0 Å². The van der Waals surface area contributed by atoms with E-state index in [1.54, 1.807) is 0 Å². The lowest BCUT2D eigenvalue weighted by molar-refractivity contribution is 0.0976. The lowest BCUT2D eigenvalue weighted by Crippen LogP contribution is -2.43. The van der Waals surface area contributed by atoms with E-state index in [1.807, 2.05) is 24.3 Å². The summed E-state index contributed by atoms with van der Waals surface area (Å²) in [5.41, 5.74) is 1.87. The van der Waals surface area contributed by atoms with Gasteiger partial charge in [0.05, 0.1) is 0 Å². The lowest BCUT2D eigenvalue weighted by Gasteiger charge is -2.15. The van der Waals surface area contributed by atoms with Crippen molar-refractivity contribution in [2.45, 2.75) is 51.5 Å². The topological polar surface area (TPSA) is 41.1 Å². The predicted octanol–water partition coefficient (Wildman–Crippen LogP) is 3.36. The molecule has 0 unspecified atom stereocenters. The number of nitrogens with one attached hydrogen (secondary N) is 2. The molecule has 108 valence electrons. The smallest absolute Gasteiger partial charge is 0.257 e. The average Bonchev–Trinajstić information content (AvgIpc) is 2.91. The first-order valence-electron chi connectivity index (χ1n) is 7.28. The number of carbonyl (C=O) groups excluding carboxylic acids is 1. The van der Waals surface area contributed by atoms with Crippen LogP contribution in [0.1, 0.15) is 61.4 Å². The number of hydrogen-bond donors (Lipinski definition) is 2. The molecule has 20 heavy (non-hydrogen) atoms. The van der Waals surface area contributed by atoms with Crippen molar-refractivity contribution in [3.63, 3.8) is 0 Å². The van der Waals surface area contributed by atoms with Crippen LogP contribution in [-0.4, -0.2) is 17.1 Å². The van der Waals surface area contributed by atoms with Crippen LogP contribution in [-0.2, 0) is 0 Å². The molecule has 2 N–H and O–H groups in total. The second-order valence-corrected chi connectivity index (χ2v) is 6.09. The van der Waals surface area contributed by atoms with E-state index in [-0.39, 0.29) is 5.91 Å². The predicted molar refractivity (Wildman–Crippen MR) is 86.0 cm³/mol. The van der Waals surface area contributed by atoms with Gasteiger partial charge in [-0.25, -0.2) is 0 Å². The molecule has 0 atom stereocenters. The zero-order chi connectivity index (χ0) is 14.5. The summed E-state index contributed by atoms with van der Waals surface area (Å²) in [6.45, 7) is 4.27. The quantitative estimate of drug-likeness (QED) is 0.839. The largest absolute Gasteiger partial charge is 0.360 e. The molecule has 0 aromatic heterocycles. The van der Waals surface area contributed by atoms with E-state index in [9.17, 15) is 4.79 Å². The minimum Gasteiger partial charge on any atom is -0.360 e. The molecule has 0 radical (unpaired) electrons. The van der Waals surface area contributed by atoms with Crippen molar-refractivity contribution in [3.05, 3.63) is 35.4 Å². The van der Waals surface area contributed by atoms with Gasteiger partial charge in [-0.2, -0.15) is 0 Å². The maximum absolute atomic E-state index is 12.1. The number of carbonyl (C=O) groups is 1. The Kier molecular flexibility index (Phi) is 5.12. The molecule has 0 saturated heterocycles. The molecule has 1 aromatic carbocycles. The van der Waals surface area contributed by atoms with Crippen molar-refractivity contribution in [1.29, 1.82) is 0 Å². The molecule has 1 saturated carbocycles. The highest BCUT2D eigenvalue weighted by Gasteiger charge is 2.16. The van der Waals surface area contributed by atoms with Crippen LogP contribution >= 0.6 is 12.2 Å². The van der Waals surface area contributed by atoms with E-state index in [2.05, 4.69) is 24.5 Å². The van der Waals surface area contributed by atoms with Crippen molar-refractivity contribution in [2.24, 2.45) is 0 Å². The third-order valence-electron chi connectivity index (χ3n) is 3.76. The van der Waals surface area contributed by atoms with E-state index in [0.29, 0.717) is 22.6 Å². The summed E-state index contributed by atoms with van der Waals surface area (Å²) in [6.07, 6.45) is 4.76. The second-order valence-electron chi connectivity index (χ2n) is 5.69. The molecule has 1 aliphatic rings. The fraction of sp³-hybridized carbons (Fsp3) is 0.500. The maximum Gasteiger partial charge on any atom is 0.257 e. The minimum absolute atomic E-state index is 0.143. The zero-order valence-electron chi connectivity index (χ0n) is 12.1. The second kappa shape index (κ2) is 6.84. The number of hydrogen-bond acceptors (Lipinski definition) is 2. The number of thiocarbonyl (C=S) groups is 1. The average molecular weight is 290 g/mol. The highest BCUT2D eigenvalue weighted by Crippen LogP contribution is 2.17. The number of benzene rings is 1. The number of rotatable bonds is 3. The highest BCUT2D eigenvalue weighted by atomic mass is 32.1. The summed E-state index contributed by atoms with van der Waals surface area (Å²) >= 11 is 5.19. The Morgan fingerprint density at radius 2 is 1.80 bits per heavy atom. The van der Waals surface area contributed by atoms with Gasteiger partial charge in [0.1, 0.15) is 0 Å². The summed E-state index contributed by atoms with van der Waals surface area (Å²) in [5.74, 6) is 0.327. The summed E-state index contributed by atoms with van der Waals surface area (Å²) in [4.78, 5) is 12.1. The van der Waals surface area contributed by atoms with Gasteiger partial charge in [-0.3, -0.25) is 10.1 Å². The molecule has 1 amide bonds. The summed E-state index contributed by atoms with van der Waals surface area (Å²) in [6, 6.07) is 8.11. The van der Waals surface area contributed by atoms with Crippen LogP contribution in [0.4, 0.5) is 0 Å². The Morgan fingerprint density at radius 3 is 2.35 bits per heavy atom. The van der Waals surface area contributed by atoms with Crippen LogP contribution in [0.3, 0.4) is 0 Å². The van der Waals surface area contributed by atoms with Crippen molar-refractivity contribution < 1.29 is 4.79 Å². The lowest BCUT2D eigenvalue weighted by atomic mass is 10.0. The molecule has 0 heterocycles. The van der Waals surface area contributed by atoms with E-state index in [0.717, 1.165) is 12.8 Å². The first-order valence-corrected chi connectivity index (χ1v) is 7.69. The van der Waals surface area contributed by atoms with Gasteiger partial charge in [0.25, 0.3) is 5.91 Å². The maximum atomic E-state index is 12.1. The van der Waals surface area contributed by atoms with Gasteiger partial charge in [-0.15, -0.1) is 0 Å². The van der Waals surface area contributed by atoms with Gasteiger partial charge in [-0.1, -0.05) is 38.8 Å². The normalized spacial score (nSPS) is 15.3. The Labute approximate surface area is 126 Å². The third-order valence-corrected chi connectivity index (χ3v) is 3.98. The molecule has 1 fully saturated rings. The molecule has 0 aliphatic heterocycles. The van der Waals surface area contributed by atoms with Crippen LogP contribution in [0.2, 0.25) is 0 Å². The minimum atomic E-state index is -0.143. The van der Waals surface area contributed by atoms with Crippen LogP contribution in [0.15, 0.2) is 24.3 Å². The first kappa shape index (κ1) is 15.0. The Balaban J connectivity index is 1.88. The molecule has 1 aromatic rings. The third kappa shape index (κ3) is 4.04. The van der Waals surface area contributed by atoms with Crippen molar-refractivity contribution >= 4 is 23.2 Å². The molecular weight excluding hydrogens is 268 g/mol. The van der Waals surface area contributed by atoms with Gasteiger partial charge in [-0.05, 0) is 48.7 Å². The van der Waals surface area contributed by atoms with Crippen molar-refractivity contribution in [1.82, 2.24) is 10.6 Å². The number of amides is 1. The first-order chi connectivity index (χ1) is 9.56. The Hall–Kier alpha value is -1.42. The molecule has 2 rings (SSSR count). The van der Waals surface area contributed by atoms with Gasteiger partial charge >= 0.3 is 0 Å². The van der Waals surface area contributed by atoms with Crippen molar-refractivity contribution in [2.75, 3.05) is 0 Å². The van der Waals surface area contributed by atoms with E-state index in [4.69, 9.17) is 12.2 Å². The SMILES string of the molecule is CC(C)c1ccc(C(=O)NC(=S)NC2CCCC2)cc1. The van der Waals surface area contributed by atoms with E-state index in [1.165, 1.54) is 18.4 Å². The van der Waals surface area contributed by atoms with Crippen LogP contribution in [0.25, 0.3) is 0 Å². The summed E-state index contributed by atoms with van der Waals surface area (Å²) in [5, 5.41) is 6.40. The summed E-state index contributed by atoms with van der Waals surface area (Å²) < 4.78 is 0. The standard InChI is InChI=1S/C16H22N2OS/c1-11(2)12-7-9-13(10-8-12)15(19)18-16(20)17-14-5-3-4-6-14/h7-11,14H,3-6H2,1-2H3,(H2,17,18,19,20). The van der Waals surface area contributed by atoms with Gasteiger partial charge in [0, 0.05) is 11.6 Å². The van der Waals surface area contributed by atoms with Gasteiger partial charge in [0.15, 0.2) is 5.11 Å². The zero-order valence-corrected chi connectivity index (χ0v) is 12.9. The van der Waals surface area contributed by atoms with Gasteiger partial charge < -0.3 is 5.32 Å². The van der Waals surface area contributed by atoms with E-state index >= 15 is 0 Å². The van der Waals surface area contributed by atoms with Crippen LogP contribution in [0, 0.1) is 0 Å². The summed E-state index contributed by atoms with van der Waals surface area (Å²) in [7, 11) is 0. The molecule has 4 heteroatoms. The highest BCUT2D eigenvalue weighted by molar-refractivity contribution is 7.80. The monoisotopic (exact) mass is 290 g/mol. The van der Waals surface area contributed by atoms with Gasteiger partial charge in [0.2, 0.25) is 0 Å². The molecule has 0 bridgehead atoms. The Morgan fingerprint density at radius 1 is 1.20 bits per heavy atom. The molecule has 0 spiro atoms. The fourth-order valence-electron chi connectivity index (χ4n) is 2.49. The van der Waals surface area contributed by atoms with Crippen molar-refractivity contribution in [3.8, 4) is 0 Å². The van der Waals surface area contributed by atoms with Crippen LogP contribution < -0.4 is 10.6 Å². The molecule has 3 nitrogen and oxygen atoms in total.